The molecule has 0 saturated heterocycles. The lowest BCUT2D eigenvalue weighted by Crippen LogP contribution is -2.05. The molecule has 3 N–H and O–H groups in total. The van der Waals surface area contributed by atoms with Gasteiger partial charge in [-0.15, -0.1) is 0 Å². The Hall–Kier alpha value is -1.31. The molecule has 19 heavy (non-hydrogen) atoms. The molecule has 100 valence electrons. The molecule has 0 aliphatic rings. The summed E-state index contributed by atoms with van der Waals surface area (Å²) in [5.41, 5.74) is 6.08. The van der Waals surface area contributed by atoms with Crippen molar-refractivity contribution in [3.8, 4) is 6.01 Å². The van der Waals surface area contributed by atoms with Gasteiger partial charge in [-0.25, -0.2) is 0 Å². The zero-order valence-corrected chi connectivity index (χ0v) is 12.7. The summed E-state index contributed by atoms with van der Waals surface area (Å²) in [7, 11) is 1.43. The predicted octanol–water partition coefficient (Wildman–Crippen LogP) is 3.28. The van der Waals surface area contributed by atoms with E-state index in [1.807, 2.05) is 0 Å². The first-order valence-corrected chi connectivity index (χ1v) is 6.52. The first kappa shape index (κ1) is 14.1. The van der Waals surface area contributed by atoms with E-state index in [2.05, 4.69) is 36.2 Å². The molecule has 0 amide bonds. The Labute approximate surface area is 127 Å². The minimum absolute atomic E-state index is 0.0358. The number of hydrogen-bond donors (Lipinski definition) is 2. The van der Waals surface area contributed by atoms with Crippen LogP contribution in [0.15, 0.2) is 16.6 Å². The average Bonchev–Trinajstić information content (AvgIpc) is 2.39. The zero-order chi connectivity index (χ0) is 14.0. The van der Waals surface area contributed by atoms with Crippen molar-refractivity contribution in [2.75, 3.05) is 18.2 Å². The number of rotatable bonds is 3. The Balaban J connectivity index is 2.36. The highest BCUT2D eigenvalue weighted by Crippen LogP contribution is 2.36. The van der Waals surface area contributed by atoms with E-state index in [4.69, 9.17) is 33.7 Å². The number of nitrogens with two attached hydrogens (primary N) is 1. The van der Waals surface area contributed by atoms with Crippen molar-refractivity contribution in [1.82, 2.24) is 15.0 Å². The summed E-state index contributed by atoms with van der Waals surface area (Å²) in [4.78, 5) is 11.7. The van der Waals surface area contributed by atoms with Crippen molar-refractivity contribution < 1.29 is 4.74 Å². The molecular weight excluding hydrogens is 357 g/mol. The fourth-order valence-corrected chi connectivity index (χ4v) is 2.08. The lowest BCUT2D eigenvalue weighted by molar-refractivity contribution is 0.380. The van der Waals surface area contributed by atoms with E-state index in [0.717, 1.165) is 0 Å². The molecule has 0 aliphatic heterocycles. The number of halogens is 3. The SMILES string of the molecule is COc1nc(N)nc(Nc2ccc(Br)c(Cl)c2Cl)n1. The molecule has 0 unspecified atom stereocenters. The smallest absolute Gasteiger partial charge is 0.322 e. The van der Waals surface area contributed by atoms with Gasteiger partial charge in [-0.1, -0.05) is 23.2 Å². The van der Waals surface area contributed by atoms with Gasteiger partial charge in [0, 0.05) is 4.47 Å². The van der Waals surface area contributed by atoms with E-state index in [-0.39, 0.29) is 17.9 Å². The molecule has 1 aromatic heterocycles. The highest BCUT2D eigenvalue weighted by molar-refractivity contribution is 9.10. The molecule has 0 bridgehead atoms. The molecule has 1 aromatic carbocycles. The first-order valence-electron chi connectivity index (χ1n) is 4.97. The second-order valence-electron chi connectivity index (χ2n) is 3.35. The number of nitrogen functional groups attached to an aromatic ring is 1. The summed E-state index contributed by atoms with van der Waals surface area (Å²) >= 11 is 15.4. The van der Waals surface area contributed by atoms with Crippen molar-refractivity contribution >= 4 is 56.7 Å². The van der Waals surface area contributed by atoms with Crippen LogP contribution in [0.2, 0.25) is 10.0 Å². The van der Waals surface area contributed by atoms with Gasteiger partial charge in [0.25, 0.3) is 0 Å². The second-order valence-corrected chi connectivity index (χ2v) is 4.96. The number of benzene rings is 1. The predicted molar refractivity (Wildman–Crippen MR) is 78.2 cm³/mol. The standard InChI is InChI=1S/C10H8BrCl2N5O/c1-19-10-17-8(14)16-9(18-10)15-5-3-2-4(11)6(12)7(5)13/h2-3H,1H3,(H3,14,15,16,17,18). The van der Waals surface area contributed by atoms with Gasteiger partial charge in [0.2, 0.25) is 11.9 Å². The van der Waals surface area contributed by atoms with E-state index in [0.29, 0.717) is 20.2 Å². The van der Waals surface area contributed by atoms with E-state index < -0.39 is 0 Å². The number of hydrogen-bond acceptors (Lipinski definition) is 6. The summed E-state index contributed by atoms with van der Waals surface area (Å²) < 4.78 is 5.59. The lowest BCUT2D eigenvalue weighted by Gasteiger charge is -2.09. The Kier molecular flexibility index (Phi) is 4.28. The molecule has 6 nitrogen and oxygen atoms in total. The number of nitrogens with one attached hydrogen (secondary N) is 1. The minimum Gasteiger partial charge on any atom is -0.467 e. The lowest BCUT2D eigenvalue weighted by atomic mass is 10.3. The van der Waals surface area contributed by atoms with Crippen LogP contribution < -0.4 is 15.8 Å². The van der Waals surface area contributed by atoms with Crippen molar-refractivity contribution in [3.63, 3.8) is 0 Å². The molecule has 0 spiro atoms. The van der Waals surface area contributed by atoms with Gasteiger partial charge in [-0.3, -0.25) is 0 Å². The molecule has 2 aromatic rings. The van der Waals surface area contributed by atoms with Crippen LogP contribution in [0.25, 0.3) is 0 Å². The topological polar surface area (TPSA) is 86.0 Å². The molecule has 0 saturated carbocycles. The normalized spacial score (nSPS) is 10.3. The third-order valence-corrected chi connectivity index (χ3v) is 3.87. The third-order valence-electron chi connectivity index (χ3n) is 2.10. The Morgan fingerprint density at radius 1 is 1.21 bits per heavy atom. The Bertz CT molecular complexity index is 625. The maximum Gasteiger partial charge on any atom is 0.322 e. The number of anilines is 3. The fourth-order valence-electron chi connectivity index (χ4n) is 1.26. The van der Waals surface area contributed by atoms with Gasteiger partial charge in [-0.2, -0.15) is 15.0 Å². The Morgan fingerprint density at radius 3 is 2.63 bits per heavy atom. The van der Waals surface area contributed by atoms with Gasteiger partial charge in [0.05, 0.1) is 22.8 Å². The van der Waals surface area contributed by atoms with E-state index in [9.17, 15) is 0 Å². The van der Waals surface area contributed by atoms with Crippen LogP contribution >= 0.6 is 39.1 Å². The van der Waals surface area contributed by atoms with Gasteiger partial charge in [0.1, 0.15) is 0 Å². The van der Waals surface area contributed by atoms with Crippen LogP contribution in [0.5, 0.6) is 6.01 Å². The maximum absolute atomic E-state index is 6.10. The van der Waals surface area contributed by atoms with E-state index in [1.54, 1.807) is 12.1 Å². The Morgan fingerprint density at radius 2 is 1.95 bits per heavy atom. The van der Waals surface area contributed by atoms with Crippen molar-refractivity contribution in [2.24, 2.45) is 0 Å². The summed E-state index contributed by atoms with van der Waals surface area (Å²) in [6.07, 6.45) is 0. The largest absolute Gasteiger partial charge is 0.467 e. The first-order chi connectivity index (χ1) is 9.01. The number of methoxy groups -OCH3 is 1. The third kappa shape index (κ3) is 3.17. The van der Waals surface area contributed by atoms with Crippen LogP contribution in [0.1, 0.15) is 0 Å². The van der Waals surface area contributed by atoms with Crippen molar-refractivity contribution in [1.29, 1.82) is 0 Å². The molecule has 0 radical (unpaired) electrons. The van der Waals surface area contributed by atoms with Gasteiger partial charge >= 0.3 is 6.01 Å². The molecule has 2 rings (SSSR count). The zero-order valence-electron chi connectivity index (χ0n) is 9.62. The molecule has 0 atom stereocenters. The van der Waals surface area contributed by atoms with Crippen LogP contribution in [0.3, 0.4) is 0 Å². The van der Waals surface area contributed by atoms with Crippen molar-refractivity contribution in [3.05, 3.63) is 26.7 Å². The molecule has 1 heterocycles. The average molecular weight is 365 g/mol. The highest BCUT2D eigenvalue weighted by atomic mass is 79.9. The summed E-state index contributed by atoms with van der Waals surface area (Å²) in [5, 5.41) is 3.63. The van der Waals surface area contributed by atoms with Crippen LogP contribution in [-0.2, 0) is 0 Å². The van der Waals surface area contributed by atoms with E-state index in [1.165, 1.54) is 7.11 Å². The number of ether oxygens (including phenoxy) is 1. The van der Waals surface area contributed by atoms with Crippen LogP contribution in [-0.4, -0.2) is 22.1 Å². The highest BCUT2D eigenvalue weighted by Gasteiger charge is 2.11. The monoisotopic (exact) mass is 363 g/mol. The molecule has 0 aliphatic carbocycles. The summed E-state index contributed by atoms with van der Waals surface area (Å²) in [6.45, 7) is 0. The van der Waals surface area contributed by atoms with Crippen molar-refractivity contribution in [2.45, 2.75) is 0 Å². The summed E-state index contributed by atoms with van der Waals surface area (Å²) in [5.74, 6) is 0.248. The van der Waals surface area contributed by atoms with E-state index >= 15 is 0 Å². The molecular formula is C10H8BrCl2N5O. The van der Waals surface area contributed by atoms with Gasteiger partial charge < -0.3 is 15.8 Å². The number of aromatic nitrogens is 3. The van der Waals surface area contributed by atoms with Gasteiger partial charge in [-0.05, 0) is 28.1 Å². The molecule has 9 heteroatoms. The number of nitrogens with zero attached hydrogens (tertiary/aromatic N) is 3. The quantitative estimate of drug-likeness (QED) is 0.813. The van der Waals surface area contributed by atoms with Crippen LogP contribution in [0, 0.1) is 0 Å². The summed E-state index contributed by atoms with van der Waals surface area (Å²) in [6, 6.07) is 3.58. The fraction of sp³-hybridized carbons (Fsp3) is 0.100. The molecule has 0 fully saturated rings. The second kappa shape index (κ2) is 5.77. The van der Waals surface area contributed by atoms with Gasteiger partial charge in [0.15, 0.2) is 0 Å². The minimum atomic E-state index is 0.0358. The van der Waals surface area contributed by atoms with Crippen LogP contribution in [0.4, 0.5) is 17.6 Å². The maximum atomic E-state index is 6.10.